The number of benzene rings is 1. The van der Waals surface area contributed by atoms with Gasteiger partial charge in [0.2, 0.25) is 0 Å². The third-order valence-corrected chi connectivity index (χ3v) is 3.60. The van der Waals surface area contributed by atoms with Crippen LogP contribution >= 0.6 is 0 Å². The van der Waals surface area contributed by atoms with Gasteiger partial charge in [0.1, 0.15) is 5.58 Å². The van der Waals surface area contributed by atoms with Gasteiger partial charge < -0.3 is 9.15 Å². The predicted octanol–water partition coefficient (Wildman–Crippen LogP) is 1.50. The van der Waals surface area contributed by atoms with Gasteiger partial charge in [-0.1, -0.05) is 18.2 Å². The zero-order valence-corrected chi connectivity index (χ0v) is 12.6. The number of para-hydroxylation sites is 1. The van der Waals surface area contributed by atoms with Gasteiger partial charge in [-0.15, -0.1) is 0 Å². The molecule has 1 heterocycles. The Morgan fingerprint density at radius 1 is 1.48 bits per heavy atom. The maximum atomic E-state index is 11.9. The standard InChI is InChI=1S/C15H21N3O3/c1-10(9-20-3)18(2)8-12-11-6-4-5-7-13(11)21-14(12)15(19)17-16/h4-7,10H,8-9,16H2,1-3H3,(H,17,19). The van der Waals surface area contributed by atoms with Crippen LogP contribution in [0, 0.1) is 0 Å². The SMILES string of the molecule is COCC(C)N(C)Cc1c(C(=O)NN)oc2ccccc12. The number of likely N-dealkylation sites (N-methyl/N-ethyl adjacent to an activating group) is 1. The van der Waals surface area contributed by atoms with Crippen molar-refractivity contribution in [3.63, 3.8) is 0 Å². The molecule has 1 aromatic carbocycles. The molecule has 2 rings (SSSR count). The number of nitrogens with zero attached hydrogens (tertiary/aromatic N) is 1. The van der Waals surface area contributed by atoms with Crippen LogP contribution in [0.2, 0.25) is 0 Å². The monoisotopic (exact) mass is 291 g/mol. The van der Waals surface area contributed by atoms with Crippen LogP contribution < -0.4 is 11.3 Å². The number of hydrogen-bond donors (Lipinski definition) is 2. The summed E-state index contributed by atoms with van der Waals surface area (Å²) in [5.74, 6) is 5.08. The minimum atomic E-state index is -0.422. The number of nitrogens with two attached hydrogens (primary N) is 1. The second-order valence-electron chi connectivity index (χ2n) is 5.10. The average Bonchev–Trinajstić information content (AvgIpc) is 2.85. The Morgan fingerprint density at radius 3 is 2.86 bits per heavy atom. The Morgan fingerprint density at radius 2 is 2.19 bits per heavy atom. The number of ether oxygens (including phenoxy) is 1. The minimum Gasteiger partial charge on any atom is -0.451 e. The fourth-order valence-electron chi connectivity index (χ4n) is 2.28. The highest BCUT2D eigenvalue weighted by Gasteiger charge is 2.22. The first-order valence-corrected chi connectivity index (χ1v) is 6.79. The highest BCUT2D eigenvalue weighted by molar-refractivity contribution is 5.98. The summed E-state index contributed by atoms with van der Waals surface area (Å²) in [6.45, 7) is 3.25. The quantitative estimate of drug-likeness (QED) is 0.479. The molecule has 1 atom stereocenters. The highest BCUT2D eigenvalue weighted by Crippen LogP contribution is 2.27. The summed E-state index contributed by atoms with van der Waals surface area (Å²) in [5.41, 5.74) is 3.65. The van der Waals surface area contributed by atoms with Gasteiger partial charge in [0.25, 0.3) is 0 Å². The molecule has 1 amide bonds. The Labute approximate surface area is 123 Å². The summed E-state index contributed by atoms with van der Waals surface area (Å²) in [6.07, 6.45) is 0. The fraction of sp³-hybridized carbons (Fsp3) is 0.400. The normalized spacial score (nSPS) is 12.8. The van der Waals surface area contributed by atoms with Crippen molar-refractivity contribution in [3.05, 3.63) is 35.6 Å². The van der Waals surface area contributed by atoms with Crippen LogP contribution in [0.5, 0.6) is 0 Å². The smallest absolute Gasteiger partial charge is 0.301 e. The number of nitrogens with one attached hydrogen (secondary N) is 1. The van der Waals surface area contributed by atoms with E-state index in [-0.39, 0.29) is 11.8 Å². The summed E-state index contributed by atoms with van der Waals surface area (Å²) in [6, 6.07) is 7.79. The number of hydrogen-bond acceptors (Lipinski definition) is 5. The molecule has 0 spiro atoms. The maximum absolute atomic E-state index is 11.9. The first-order valence-electron chi connectivity index (χ1n) is 6.79. The van der Waals surface area contributed by atoms with E-state index < -0.39 is 5.91 Å². The number of furan rings is 1. The molecule has 0 radical (unpaired) electrons. The van der Waals surface area contributed by atoms with Crippen LogP contribution in [0.3, 0.4) is 0 Å². The van der Waals surface area contributed by atoms with E-state index in [1.165, 1.54) is 0 Å². The summed E-state index contributed by atoms with van der Waals surface area (Å²) < 4.78 is 10.8. The predicted molar refractivity (Wildman–Crippen MR) is 80.7 cm³/mol. The van der Waals surface area contributed by atoms with Crippen molar-refractivity contribution < 1.29 is 13.9 Å². The maximum Gasteiger partial charge on any atom is 0.301 e. The van der Waals surface area contributed by atoms with Gasteiger partial charge >= 0.3 is 5.91 Å². The second kappa shape index (κ2) is 6.71. The van der Waals surface area contributed by atoms with Crippen molar-refractivity contribution in [2.45, 2.75) is 19.5 Å². The van der Waals surface area contributed by atoms with Crippen molar-refractivity contribution in [2.24, 2.45) is 5.84 Å². The molecule has 6 nitrogen and oxygen atoms in total. The van der Waals surface area contributed by atoms with E-state index in [0.717, 1.165) is 10.9 Å². The molecule has 21 heavy (non-hydrogen) atoms. The van der Waals surface area contributed by atoms with E-state index in [1.54, 1.807) is 7.11 Å². The lowest BCUT2D eigenvalue weighted by Gasteiger charge is -2.23. The van der Waals surface area contributed by atoms with Crippen LogP contribution in [0.15, 0.2) is 28.7 Å². The molecule has 3 N–H and O–H groups in total. The van der Waals surface area contributed by atoms with Gasteiger partial charge in [0.15, 0.2) is 5.76 Å². The summed E-state index contributed by atoms with van der Waals surface area (Å²) in [4.78, 5) is 14.0. The van der Waals surface area contributed by atoms with E-state index >= 15 is 0 Å². The largest absolute Gasteiger partial charge is 0.451 e. The van der Waals surface area contributed by atoms with Gasteiger partial charge in [0.05, 0.1) is 6.61 Å². The molecule has 0 aliphatic heterocycles. The van der Waals surface area contributed by atoms with E-state index in [9.17, 15) is 4.79 Å². The Kier molecular flexibility index (Phi) is 4.95. The third-order valence-electron chi connectivity index (χ3n) is 3.60. The van der Waals surface area contributed by atoms with Gasteiger partial charge in [-0.25, -0.2) is 5.84 Å². The van der Waals surface area contributed by atoms with Crippen molar-refractivity contribution in [1.82, 2.24) is 10.3 Å². The fourth-order valence-corrected chi connectivity index (χ4v) is 2.28. The molecule has 0 bridgehead atoms. The van der Waals surface area contributed by atoms with Crippen LogP contribution in [0.1, 0.15) is 23.0 Å². The first-order chi connectivity index (χ1) is 10.1. The van der Waals surface area contributed by atoms with Crippen LogP contribution in [0.4, 0.5) is 0 Å². The van der Waals surface area contributed by atoms with Crippen molar-refractivity contribution in [1.29, 1.82) is 0 Å². The van der Waals surface area contributed by atoms with Gasteiger partial charge in [-0.2, -0.15) is 0 Å². The number of hydrazine groups is 1. The zero-order valence-electron chi connectivity index (χ0n) is 12.6. The van der Waals surface area contributed by atoms with Gasteiger partial charge in [0, 0.05) is 30.6 Å². The first kappa shape index (κ1) is 15.5. The number of amides is 1. The Hall–Kier alpha value is -1.89. The lowest BCUT2D eigenvalue weighted by atomic mass is 10.1. The molecular weight excluding hydrogens is 270 g/mol. The van der Waals surface area contributed by atoms with Gasteiger partial charge in [-0.3, -0.25) is 15.1 Å². The molecule has 1 unspecified atom stereocenters. The van der Waals surface area contributed by atoms with Crippen LogP contribution in [0.25, 0.3) is 11.0 Å². The van der Waals surface area contributed by atoms with Gasteiger partial charge in [-0.05, 0) is 20.0 Å². The van der Waals surface area contributed by atoms with E-state index in [1.807, 2.05) is 31.3 Å². The molecule has 0 saturated carbocycles. The summed E-state index contributed by atoms with van der Waals surface area (Å²) in [5, 5.41) is 0.924. The lowest BCUT2D eigenvalue weighted by molar-refractivity contribution is 0.0920. The molecule has 0 fully saturated rings. The molecule has 1 aromatic heterocycles. The Bertz CT molecular complexity index is 624. The van der Waals surface area contributed by atoms with E-state index in [4.69, 9.17) is 15.0 Å². The molecule has 0 aliphatic rings. The number of nitrogen functional groups attached to an aromatic ring is 1. The molecule has 6 heteroatoms. The van der Waals surface area contributed by atoms with Crippen molar-refractivity contribution in [3.8, 4) is 0 Å². The van der Waals surface area contributed by atoms with Crippen LogP contribution in [-0.2, 0) is 11.3 Å². The van der Waals surface area contributed by atoms with Crippen molar-refractivity contribution >= 4 is 16.9 Å². The number of carbonyl (C=O) groups excluding carboxylic acids is 1. The molecule has 2 aromatic rings. The highest BCUT2D eigenvalue weighted by atomic mass is 16.5. The lowest BCUT2D eigenvalue weighted by Crippen LogP contribution is -2.34. The average molecular weight is 291 g/mol. The topological polar surface area (TPSA) is 80.7 Å². The third kappa shape index (κ3) is 3.24. The number of carbonyl (C=O) groups is 1. The van der Waals surface area contributed by atoms with E-state index in [2.05, 4.69) is 17.2 Å². The molecule has 0 aliphatic carbocycles. The summed E-state index contributed by atoms with van der Waals surface area (Å²) >= 11 is 0. The van der Waals surface area contributed by atoms with Crippen molar-refractivity contribution in [2.75, 3.05) is 20.8 Å². The molecule has 0 saturated heterocycles. The Balaban J connectivity index is 2.38. The van der Waals surface area contributed by atoms with Crippen LogP contribution in [-0.4, -0.2) is 37.6 Å². The second-order valence-corrected chi connectivity index (χ2v) is 5.10. The number of methoxy groups -OCH3 is 1. The number of rotatable bonds is 6. The minimum absolute atomic E-state index is 0.220. The number of fused-ring (bicyclic) bond motifs is 1. The molecular formula is C15H21N3O3. The molecule has 114 valence electrons. The zero-order chi connectivity index (χ0) is 15.4. The van der Waals surface area contributed by atoms with E-state index in [0.29, 0.717) is 18.7 Å². The summed E-state index contributed by atoms with van der Waals surface area (Å²) in [7, 11) is 3.65.